The van der Waals surface area contributed by atoms with Crippen LogP contribution in [0.2, 0.25) is 0 Å². The van der Waals surface area contributed by atoms with E-state index in [1.165, 1.54) is 64.2 Å². The van der Waals surface area contributed by atoms with Gasteiger partial charge in [-0.15, -0.1) is 0 Å². The molecular formula is C30H61NO8P+. The molecule has 0 saturated heterocycles. The lowest BCUT2D eigenvalue weighted by atomic mass is 10.0. The van der Waals surface area contributed by atoms with Gasteiger partial charge in [0.05, 0.1) is 27.7 Å². The zero-order chi connectivity index (χ0) is 30.1. The monoisotopic (exact) mass is 594 g/mol. The Hall–Kier alpha value is -0.990. The summed E-state index contributed by atoms with van der Waals surface area (Å²) in [5.74, 6) is -0.824. The number of likely N-dealkylation sites (N-methyl/N-ethyl adjacent to an activating group) is 1. The number of unbranched alkanes of at least 4 members (excludes halogenated alkanes) is 14. The number of phosphoric acid groups is 1. The van der Waals surface area contributed by atoms with Gasteiger partial charge in [-0.25, -0.2) is 4.57 Å². The average molecular weight is 595 g/mol. The van der Waals surface area contributed by atoms with Crippen LogP contribution in [-0.2, 0) is 32.7 Å². The lowest BCUT2D eigenvalue weighted by Gasteiger charge is -2.24. The van der Waals surface area contributed by atoms with Gasteiger partial charge in [-0.2, -0.15) is 0 Å². The number of hydrogen-bond acceptors (Lipinski definition) is 7. The fourth-order valence-electron chi connectivity index (χ4n) is 4.07. The molecule has 2 unspecified atom stereocenters. The van der Waals surface area contributed by atoms with E-state index in [4.69, 9.17) is 18.5 Å². The van der Waals surface area contributed by atoms with Crippen molar-refractivity contribution in [1.82, 2.24) is 0 Å². The summed E-state index contributed by atoms with van der Waals surface area (Å²) in [6.45, 7) is 4.21. The summed E-state index contributed by atoms with van der Waals surface area (Å²) in [4.78, 5) is 34.4. The molecular weight excluding hydrogens is 533 g/mol. The van der Waals surface area contributed by atoms with Crippen LogP contribution >= 0.6 is 7.82 Å². The number of carbonyl (C=O) groups excluding carboxylic acids is 2. The second-order valence-corrected chi connectivity index (χ2v) is 13.3. The topological polar surface area (TPSA) is 108 Å². The number of esters is 2. The number of hydrogen-bond donors (Lipinski definition) is 1. The summed E-state index contributed by atoms with van der Waals surface area (Å²) in [6.07, 6.45) is 18.1. The van der Waals surface area contributed by atoms with Crippen molar-refractivity contribution in [3.05, 3.63) is 0 Å². The second kappa shape index (κ2) is 24.6. The van der Waals surface area contributed by atoms with E-state index in [2.05, 4.69) is 6.92 Å². The number of ether oxygens (including phenoxy) is 2. The molecule has 0 aromatic carbocycles. The van der Waals surface area contributed by atoms with E-state index < -0.39 is 26.5 Å². The molecule has 0 radical (unpaired) electrons. The smallest absolute Gasteiger partial charge is 0.462 e. The highest BCUT2D eigenvalue weighted by atomic mass is 31.2. The molecule has 2 atom stereocenters. The maximum absolute atomic E-state index is 12.2. The van der Waals surface area contributed by atoms with Crippen LogP contribution in [-0.4, -0.2) is 74.9 Å². The van der Waals surface area contributed by atoms with E-state index in [0.717, 1.165) is 32.1 Å². The summed E-state index contributed by atoms with van der Waals surface area (Å²) in [7, 11) is 1.48. The summed E-state index contributed by atoms with van der Waals surface area (Å²) in [6, 6.07) is 0. The van der Waals surface area contributed by atoms with Gasteiger partial charge in [0.25, 0.3) is 0 Å². The van der Waals surface area contributed by atoms with Gasteiger partial charge in [-0.1, -0.05) is 104 Å². The van der Waals surface area contributed by atoms with Crippen LogP contribution in [0.15, 0.2) is 0 Å². The fraction of sp³-hybridized carbons (Fsp3) is 0.933. The standard InChI is InChI=1S/C30H60NO8P/c1-6-8-10-11-12-13-14-15-16-17-18-19-21-22-29(32)36-26-28(39-30(33)23-20-9-7-2)27-38-40(34,35)37-25-24-31(3,4)5/h28H,6-27H2,1-5H3/p+1. The third-order valence-corrected chi connectivity index (χ3v) is 7.62. The van der Waals surface area contributed by atoms with Crippen molar-refractivity contribution in [2.75, 3.05) is 47.5 Å². The van der Waals surface area contributed by atoms with E-state index in [-0.39, 0.29) is 25.6 Å². The summed E-state index contributed by atoms with van der Waals surface area (Å²) in [5.41, 5.74) is 0. The molecule has 10 heteroatoms. The summed E-state index contributed by atoms with van der Waals surface area (Å²) in [5, 5.41) is 0. The normalized spacial score (nSPS) is 14.1. The van der Waals surface area contributed by atoms with Crippen molar-refractivity contribution in [3.63, 3.8) is 0 Å². The highest BCUT2D eigenvalue weighted by Crippen LogP contribution is 2.43. The van der Waals surface area contributed by atoms with Crippen LogP contribution in [0.1, 0.15) is 129 Å². The minimum Gasteiger partial charge on any atom is -0.462 e. The Kier molecular flexibility index (Phi) is 24.0. The van der Waals surface area contributed by atoms with Gasteiger partial charge in [0, 0.05) is 12.8 Å². The summed E-state index contributed by atoms with van der Waals surface area (Å²) < 4.78 is 33.6. The number of nitrogens with zero attached hydrogens (tertiary/aromatic N) is 1. The van der Waals surface area contributed by atoms with Crippen LogP contribution in [0.3, 0.4) is 0 Å². The average Bonchev–Trinajstić information content (AvgIpc) is 2.87. The Balaban J connectivity index is 4.27. The van der Waals surface area contributed by atoms with Gasteiger partial charge >= 0.3 is 19.8 Å². The predicted molar refractivity (Wildman–Crippen MR) is 160 cm³/mol. The van der Waals surface area contributed by atoms with Crippen molar-refractivity contribution >= 4 is 19.8 Å². The third kappa shape index (κ3) is 27.2. The van der Waals surface area contributed by atoms with Crippen molar-refractivity contribution in [1.29, 1.82) is 0 Å². The second-order valence-electron chi connectivity index (χ2n) is 11.9. The fourth-order valence-corrected chi connectivity index (χ4v) is 4.81. The third-order valence-electron chi connectivity index (χ3n) is 6.64. The molecule has 0 amide bonds. The van der Waals surface area contributed by atoms with Crippen LogP contribution < -0.4 is 0 Å². The Morgan fingerprint density at radius 1 is 0.675 bits per heavy atom. The zero-order valence-electron chi connectivity index (χ0n) is 26.3. The van der Waals surface area contributed by atoms with Crippen LogP contribution in [0, 0.1) is 0 Å². The highest BCUT2D eigenvalue weighted by molar-refractivity contribution is 7.47. The minimum absolute atomic E-state index is 0.0346. The quantitative estimate of drug-likeness (QED) is 0.0434. The number of quaternary nitrogens is 1. The van der Waals surface area contributed by atoms with Gasteiger partial charge < -0.3 is 18.9 Å². The van der Waals surface area contributed by atoms with Gasteiger partial charge in [-0.05, 0) is 12.8 Å². The molecule has 0 bridgehead atoms. The predicted octanol–water partition coefficient (Wildman–Crippen LogP) is 7.34. The molecule has 0 rings (SSSR count). The first kappa shape index (κ1) is 39.0. The van der Waals surface area contributed by atoms with Crippen LogP contribution in [0.25, 0.3) is 0 Å². The molecule has 0 aromatic rings. The van der Waals surface area contributed by atoms with Crippen LogP contribution in [0.5, 0.6) is 0 Å². The zero-order valence-corrected chi connectivity index (χ0v) is 27.2. The molecule has 40 heavy (non-hydrogen) atoms. The Morgan fingerprint density at radius 2 is 1.12 bits per heavy atom. The first-order valence-corrected chi connectivity index (χ1v) is 17.3. The first-order chi connectivity index (χ1) is 19.0. The maximum atomic E-state index is 12.2. The number of rotatable bonds is 28. The Labute approximate surface area is 244 Å². The molecule has 9 nitrogen and oxygen atoms in total. The first-order valence-electron chi connectivity index (χ1n) is 15.8. The molecule has 238 valence electrons. The van der Waals surface area contributed by atoms with Crippen molar-refractivity contribution < 1.29 is 42.1 Å². The van der Waals surface area contributed by atoms with Crippen LogP contribution in [0.4, 0.5) is 0 Å². The molecule has 0 heterocycles. The molecule has 0 fully saturated rings. The minimum atomic E-state index is -4.34. The molecule has 0 aliphatic carbocycles. The van der Waals surface area contributed by atoms with E-state index >= 15 is 0 Å². The Bertz CT molecular complexity index is 683. The summed E-state index contributed by atoms with van der Waals surface area (Å²) >= 11 is 0. The molecule has 1 N–H and O–H groups in total. The van der Waals surface area contributed by atoms with Gasteiger partial charge in [0.2, 0.25) is 0 Å². The van der Waals surface area contributed by atoms with Crippen molar-refractivity contribution in [3.8, 4) is 0 Å². The number of phosphoric ester groups is 1. The molecule has 0 aliphatic rings. The lowest BCUT2D eigenvalue weighted by molar-refractivity contribution is -0.870. The molecule has 0 saturated carbocycles. The highest BCUT2D eigenvalue weighted by Gasteiger charge is 2.27. The van der Waals surface area contributed by atoms with E-state index in [9.17, 15) is 19.0 Å². The van der Waals surface area contributed by atoms with Gasteiger partial charge in [0.15, 0.2) is 6.10 Å². The molecule has 0 aliphatic heterocycles. The molecule has 0 spiro atoms. The number of carbonyl (C=O) groups is 2. The van der Waals surface area contributed by atoms with Gasteiger partial charge in [0.1, 0.15) is 19.8 Å². The van der Waals surface area contributed by atoms with E-state index in [0.29, 0.717) is 23.9 Å². The van der Waals surface area contributed by atoms with Crippen molar-refractivity contribution in [2.24, 2.45) is 0 Å². The maximum Gasteiger partial charge on any atom is 0.472 e. The molecule has 0 aromatic heterocycles. The lowest BCUT2D eigenvalue weighted by Crippen LogP contribution is -2.37. The largest absolute Gasteiger partial charge is 0.472 e. The van der Waals surface area contributed by atoms with E-state index in [1.807, 2.05) is 28.1 Å². The Morgan fingerprint density at radius 3 is 1.65 bits per heavy atom. The van der Waals surface area contributed by atoms with Gasteiger partial charge in [-0.3, -0.25) is 18.6 Å². The van der Waals surface area contributed by atoms with E-state index in [1.54, 1.807) is 0 Å². The van der Waals surface area contributed by atoms with Crippen molar-refractivity contribution in [2.45, 2.75) is 136 Å². The SMILES string of the molecule is CCCCCCCCCCCCCCCC(=O)OCC(COP(=O)(O)OCC[N+](C)(C)C)OC(=O)CCCCC.